The third kappa shape index (κ3) is 4.46. The summed E-state index contributed by atoms with van der Waals surface area (Å²) < 4.78 is 1.95. The van der Waals surface area contributed by atoms with Gasteiger partial charge < -0.3 is 11.1 Å². The number of nitrogens with one attached hydrogen (secondary N) is 1. The fourth-order valence-electron chi connectivity index (χ4n) is 2.23. The van der Waals surface area contributed by atoms with Crippen molar-refractivity contribution in [2.24, 2.45) is 10.7 Å². The summed E-state index contributed by atoms with van der Waals surface area (Å²) in [5.74, 6) is 0.469. The molecule has 1 aromatic carbocycles. The summed E-state index contributed by atoms with van der Waals surface area (Å²) >= 11 is 0. The van der Waals surface area contributed by atoms with Crippen LogP contribution in [0, 0.1) is 13.8 Å². The molecule has 0 spiro atoms. The van der Waals surface area contributed by atoms with Gasteiger partial charge in [-0.25, -0.2) is 9.67 Å². The molecule has 0 radical (unpaired) electrons. The van der Waals surface area contributed by atoms with Gasteiger partial charge in [0.1, 0.15) is 0 Å². The van der Waals surface area contributed by atoms with E-state index in [2.05, 4.69) is 22.3 Å². The van der Waals surface area contributed by atoms with E-state index in [1.165, 1.54) is 0 Å². The summed E-state index contributed by atoms with van der Waals surface area (Å²) in [7, 11) is 0. The zero-order valence-electron chi connectivity index (χ0n) is 13.5. The molecule has 2 aromatic rings. The maximum Gasteiger partial charge on any atom is 0.189 e. The molecule has 5 nitrogen and oxygen atoms in total. The molecule has 0 atom stereocenters. The van der Waals surface area contributed by atoms with E-state index in [9.17, 15) is 0 Å². The van der Waals surface area contributed by atoms with Crippen LogP contribution in [-0.4, -0.2) is 21.8 Å². The average molecular weight is 413 g/mol. The number of hydrogen-bond donors (Lipinski definition) is 2. The first-order valence-electron chi connectivity index (χ1n) is 7.16. The van der Waals surface area contributed by atoms with Crippen molar-refractivity contribution in [3.63, 3.8) is 0 Å². The van der Waals surface area contributed by atoms with Crippen LogP contribution in [0.4, 0.5) is 0 Å². The van der Waals surface area contributed by atoms with Gasteiger partial charge in [-0.3, -0.25) is 0 Å². The predicted octanol–water partition coefficient (Wildman–Crippen LogP) is 2.92. The Labute approximate surface area is 149 Å². The van der Waals surface area contributed by atoms with Crippen LogP contribution in [0.2, 0.25) is 0 Å². The first-order chi connectivity index (χ1) is 9.99. The number of aryl methyl sites for hydroxylation is 1. The topological polar surface area (TPSA) is 68.2 Å². The number of nitrogens with zero attached hydrogens (tertiary/aromatic N) is 3. The standard InChI is InChI=1S/C16H23N5.HI/c1-11(2)19-16(17)18-10-15-12(3)20-21(13(15)4)14-8-6-5-7-9-14;/h5-9,11H,10H2,1-4H3,(H3,17,18,19);1H. The van der Waals surface area contributed by atoms with Gasteiger partial charge in [0.15, 0.2) is 5.96 Å². The highest BCUT2D eigenvalue weighted by Gasteiger charge is 2.12. The van der Waals surface area contributed by atoms with Crippen molar-refractivity contribution in [3.05, 3.63) is 47.3 Å². The Kier molecular flexibility index (Phi) is 6.86. The SMILES string of the molecule is Cc1nn(-c2ccccc2)c(C)c1CN=C(N)NC(C)C.I. The summed E-state index contributed by atoms with van der Waals surface area (Å²) in [6, 6.07) is 10.4. The van der Waals surface area contributed by atoms with E-state index in [0.29, 0.717) is 12.5 Å². The lowest BCUT2D eigenvalue weighted by Gasteiger charge is -2.08. The van der Waals surface area contributed by atoms with Crippen molar-refractivity contribution in [2.45, 2.75) is 40.3 Å². The smallest absolute Gasteiger partial charge is 0.189 e. The summed E-state index contributed by atoms with van der Waals surface area (Å²) in [6.07, 6.45) is 0. The van der Waals surface area contributed by atoms with Gasteiger partial charge in [-0.05, 0) is 39.8 Å². The highest BCUT2D eigenvalue weighted by Crippen LogP contribution is 2.18. The second kappa shape index (κ2) is 8.17. The van der Waals surface area contributed by atoms with E-state index in [1.807, 2.05) is 55.8 Å². The van der Waals surface area contributed by atoms with Crippen molar-refractivity contribution in [3.8, 4) is 5.69 Å². The molecule has 0 unspecified atom stereocenters. The molecule has 0 amide bonds. The second-order valence-electron chi connectivity index (χ2n) is 5.40. The zero-order valence-corrected chi connectivity index (χ0v) is 15.8. The Morgan fingerprint density at radius 3 is 2.50 bits per heavy atom. The molecular formula is C16H24IN5. The Bertz CT molecular complexity index is 631. The molecule has 3 N–H and O–H groups in total. The van der Waals surface area contributed by atoms with Gasteiger partial charge in [-0.15, -0.1) is 24.0 Å². The summed E-state index contributed by atoms with van der Waals surface area (Å²) in [5, 5.41) is 7.70. The molecule has 120 valence electrons. The summed E-state index contributed by atoms with van der Waals surface area (Å²) in [6.45, 7) is 8.67. The van der Waals surface area contributed by atoms with E-state index < -0.39 is 0 Å². The number of nitrogens with two attached hydrogens (primary N) is 1. The number of halogens is 1. The number of guanidine groups is 1. The van der Waals surface area contributed by atoms with Gasteiger partial charge in [-0.1, -0.05) is 18.2 Å². The maximum absolute atomic E-state index is 5.85. The maximum atomic E-state index is 5.85. The van der Waals surface area contributed by atoms with Crippen molar-refractivity contribution >= 4 is 29.9 Å². The minimum Gasteiger partial charge on any atom is -0.370 e. The molecule has 0 fully saturated rings. The van der Waals surface area contributed by atoms with Crippen LogP contribution >= 0.6 is 24.0 Å². The number of benzene rings is 1. The van der Waals surface area contributed by atoms with Crippen LogP contribution in [-0.2, 0) is 6.54 Å². The fraction of sp³-hybridized carbons (Fsp3) is 0.375. The van der Waals surface area contributed by atoms with E-state index in [-0.39, 0.29) is 30.0 Å². The molecule has 0 saturated carbocycles. The number of aromatic nitrogens is 2. The van der Waals surface area contributed by atoms with E-state index in [0.717, 1.165) is 22.6 Å². The molecule has 0 aliphatic heterocycles. The highest BCUT2D eigenvalue weighted by atomic mass is 127. The Balaban J connectivity index is 0.00000242. The van der Waals surface area contributed by atoms with Crippen molar-refractivity contribution in [2.75, 3.05) is 0 Å². The Morgan fingerprint density at radius 1 is 1.27 bits per heavy atom. The lowest BCUT2D eigenvalue weighted by Crippen LogP contribution is -2.36. The highest BCUT2D eigenvalue weighted by molar-refractivity contribution is 14.0. The third-order valence-electron chi connectivity index (χ3n) is 3.29. The van der Waals surface area contributed by atoms with Crippen LogP contribution in [0.1, 0.15) is 30.8 Å². The van der Waals surface area contributed by atoms with Crippen LogP contribution in [0.5, 0.6) is 0 Å². The number of hydrogen-bond acceptors (Lipinski definition) is 2. The van der Waals surface area contributed by atoms with Crippen molar-refractivity contribution in [1.29, 1.82) is 0 Å². The minimum absolute atomic E-state index is 0. The quantitative estimate of drug-likeness (QED) is 0.460. The molecule has 0 aliphatic carbocycles. The molecule has 0 saturated heterocycles. The molecule has 1 aromatic heterocycles. The first-order valence-corrected chi connectivity index (χ1v) is 7.16. The fourth-order valence-corrected chi connectivity index (χ4v) is 2.23. The molecule has 22 heavy (non-hydrogen) atoms. The molecule has 1 heterocycles. The lowest BCUT2D eigenvalue weighted by molar-refractivity contribution is 0.723. The molecule has 6 heteroatoms. The monoisotopic (exact) mass is 413 g/mol. The predicted molar refractivity (Wildman–Crippen MR) is 102 cm³/mol. The Hall–Kier alpha value is -1.57. The van der Waals surface area contributed by atoms with Crippen LogP contribution in [0.3, 0.4) is 0 Å². The Morgan fingerprint density at radius 2 is 1.91 bits per heavy atom. The second-order valence-corrected chi connectivity index (χ2v) is 5.40. The van der Waals surface area contributed by atoms with Crippen molar-refractivity contribution < 1.29 is 0 Å². The summed E-state index contributed by atoms with van der Waals surface area (Å²) in [4.78, 5) is 4.39. The van der Waals surface area contributed by atoms with Gasteiger partial charge in [0.05, 0.1) is 17.9 Å². The molecular weight excluding hydrogens is 389 g/mol. The first kappa shape index (κ1) is 18.5. The van der Waals surface area contributed by atoms with E-state index in [1.54, 1.807) is 0 Å². The van der Waals surface area contributed by atoms with Crippen LogP contribution < -0.4 is 11.1 Å². The van der Waals surface area contributed by atoms with Gasteiger partial charge in [0, 0.05) is 17.3 Å². The third-order valence-corrected chi connectivity index (χ3v) is 3.29. The largest absolute Gasteiger partial charge is 0.370 e. The molecule has 0 bridgehead atoms. The van der Waals surface area contributed by atoms with Crippen molar-refractivity contribution in [1.82, 2.24) is 15.1 Å². The van der Waals surface area contributed by atoms with Gasteiger partial charge in [0.25, 0.3) is 0 Å². The van der Waals surface area contributed by atoms with Crippen LogP contribution in [0.25, 0.3) is 5.69 Å². The number of para-hydroxylation sites is 1. The average Bonchev–Trinajstić information content (AvgIpc) is 2.72. The van der Waals surface area contributed by atoms with Crippen LogP contribution in [0.15, 0.2) is 35.3 Å². The molecule has 2 rings (SSSR count). The number of rotatable bonds is 4. The van der Waals surface area contributed by atoms with E-state index >= 15 is 0 Å². The lowest BCUT2D eigenvalue weighted by atomic mass is 10.2. The van der Waals surface area contributed by atoms with Gasteiger partial charge in [0.2, 0.25) is 0 Å². The minimum atomic E-state index is 0. The number of aliphatic imine (C=N–C) groups is 1. The van der Waals surface area contributed by atoms with Gasteiger partial charge in [-0.2, -0.15) is 5.10 Å². The zero-order chi connectivity index (χ0) is 15.4. The normalized spacial score (nSPS) is 11.4. The van der Waals surface area contributed by atoms with E-state index in [4.69, 9.17) is 5.73 Å². The van der Waals surface area contributed by atoms with Gasteiger partial charge >= 0.3 is 0 Å². The molecule has 0 aliphatic rings. The summed E-state index contributed by atoms with van der Waals surface area (Å²) in [5.41, 5.74) is 10.1.